The molecule has 2 fully saturated rings. The lowest BCUT2D eigenvalue weighted by Crippen LogP contribution is -2.56. The second kappa shape index (κ2) is 8.40. The lowest BCUT2D eigenvalue weighted by Gasteiger charge is -2.48. The van der Waals surface area contributed by atoms with E-state index in [4.69, 9.17) is 0 Å². The average molecular weight is 427 g/mol. The minimum atomic E-state index is -0.609. The van der Waals surface area contributed by atoms with Crippen LogP contribution in [0.2, 0.25) is 0 Å². The van der Waals surface area contributed by atoms with Gasteiger partial charge >= 0.3 is 11.8 Å². The molecular formula is C26H38N2O3. The number of carbonyl (C=O) groups is 3. The van der Waals surface area contributed by atoms with Gasteiger partial charge in [0, 0.05) is 5.56 Å². The van der Waals surface area contributed by atoms with Gasteiger partial charge in [-0.25, -0.2) is 0 Å². The Hall–Kier alpha value is -2.17. The molecule has 1 saturated carbocycles. The maximum Gasteiger partial charge on any atom is 0.314 e. The molecule has 1 aliphatic heterocycles. The third kappa shape index (κ3) is 5.02. The molecule has 1 heterocycles. The number of carbonyl (C=O) groups excluding carboxylic acids is 3. The van der Waals surface area contributed by atoms with Crippen LogP contribution in [0.3, 0.4) is 0 Å². The van der Waals surface area contributed by atoms with Crippen molar-refractivity contribution in [2.24, 2.45) is 16.7 Å². The highest BCUT2D eigenvalue weighted by atomic mass is 16.2. The first-order chi connectivity index (χ1) is 14.4. The Balaban J connectivity index is 1.96. The van der Waals surface area contributed by atoms with Crippen molar-refractivity contribution in [2.45, 2.75) is 91.8 Å². The summed E-state index contributed by atoms with van der Waals surface area (Å²) in [5.74, 6) is -0.334. The Bertz CT molecular complexity index is 822. The molecule has 0 bridgehead atoms. The molecule has 1 N–H and O–H groups in total. The first kappa shape index (κ1) is 23.5. The molecule has 1 saturated heterocycles. The molecule has 1 unspecified atom stereocenters. The maximum atomic E-state index is 13.2. The van der Waals surface area contributed by atoms with Gasteiger partial charge in [0.25, 0.3) is 0 Å². The van der Waals surface area contributed by atoms with E-state index in [0.29, 0.717) is 11.5 Å². The summed E-state index contributed by atoms with van der Waals surface area (Å²) in [5.41, 5.74) is 1.31. The number of rotatable bonds is 5. The molecule has 1 atom stereocenters. The fourth-order valence-electron chi connectivity index (χ4n) is 5.21. The van der Waals surface area contributed by atoms with Crippen LogP contribution in [0.1, 0.15) is 102 Å². The van der Waals surface area contributed by atoms with Gasteiger partial charge in [-0.1, -0.05) is 65.8 Å². The Morgan fingerprint density at radius 1 is 1.06 bits per heavy atom. The van der Waals surface area contributed by atoms with Crippen molar-refractivity contribution in [3.05, 3.63) is 35.4 Å². The molecule has 170 valence electrons. The number of hydrogen-bond acceptors (Lipinski definition) is 3. The molecule has 1 aliphatic carbocycles. The van der Waals surface area contributed by atoms with Crippen molar-refractivity contribution in [3.63, 3.8) is 0 Å². The third-order valence-electron chi connectivity index (χ3n) is 7.19. The fraction of sp³-hybridized carbons (Fsp3) is 0.654. The lowest BCUT2D eigenvalue weighted by molar-refractivity contribution is -0.144. The van der Waals surface area contributed by atoms with E-state index < -0.39 is 17.5 Å². The van der Waals surface area contributed by atoms with Crippen LogP contribution >= 0.6 is 0 Å². The summed E-state index contributed by atoms with van der Waals surface area (Å²) in [4.78, 5) is 38.8. The van der Waals surface area contributed by atoms with Crippen molar-refractivity contribution in [1.29, 1.82) is 0 Å². The van der Waals surface area contributed by atoms with Crippen LogP contribution in [0.4, 0.5) is 0 Å². The van der Waals surface area contributed by atoms with E-state index >= 15 is 0 Å². The highest BCUT2D eigenvalue weighted by Gasteiger charge is 2.54. The lowest BCUT2D eigenvalue weighted by atomic mass is 9.69. The molecular weight excluding hydrogens is 388 g/mol. The van der Waals surface area contributed by atoms with Crippen LogP contribution in [0, 0.1) is 16.7 Å². The highest BCUT2D eigenvalue weighted by molar-refractivity contribution is 6.37. The maximum absolute atomic E-state index is 13.2. The zero-order valence-corrected chi connectivity index (χ0v) is 20.0. The molecule has 1 aromatic rings. The van der Waals surface area contributed by atoms with E-state index in [1.807, 2.05) is 17.0 Å². The van der Waals surface area contributed by atoms with Crippen LogP contribution in [0.15, 0.2) is 24.3 Å². The third-order valence-corrected chi connectivity index (χ3v) is 7.19. The van der Waals surface area contributed by atoms with Crippen LogP contribution in [0.25, 0.3) is 0 Å². The second-order valence-electron chi connectivity index (χ2n) is 11.7. The van der Waals surface area contributed by atoms with Gasteiger partial charge < -0.3 is 10.2 Å². The van der Waals surface area contributed by atoms with Gasteiger partial charge in [0.1, 0.15) is 11.9 Å². The molecule has 5 heteroatoms. The van der Waals surface area contributed by atoms with E-state index in [2.05, 4.69) is 46.9 Å². The van der Waals surface area contributed by atoms with E-state index in [0.717, 1.165) is 50.4 Å². The first-order valence-electron chi connectivity index (χ1n) is 11.6. The second-order valence-corrected chi connectivity index (χ2v) is 11.7. The quantitative estimate of drug-likeness (QED) is 0.516. The summed E-state index contributed by atoms with van der Waals surface area (Å²) >= 11 is 0. The SMILES string of the molecule is CC(C)(C)CCC(c1ccc(C=O)cc1)N1C(=O)C(=O)NC12CCC(C(C)(C)C)CC2. The van der Waals surface area contributed by atoms with Crippen LogP contribution in [0.5, 0.6) is 0 Å². The van der Waals surface area contributed by atoms with Crippen molar-refractivity contribution >= 4 is 18.1 Å². The zero-order valence-electron chi connectivity index (χ0n) is 20.0. The largest absolute Gasteiger partial charge is 0.325 e. The van der Waals surface area contributed by atoms with E-state index in [1.54, 1.807) is 12.1 Å². The van der Waals surface area contributed by atoms with Crippen LogP contribution in [-0.4, -0.2) is 28.7 Å². The van der Waals surface area contributed by atoms with Crippen LogP contribution < -0.4 is 5.32 Å². The van der Waals surface area contributed by atoms with E-state index in [9.17, 15) is 14.4 Å². The summed E-state index contributed by atoms with van der Waals surface area (Å²) in [6, 6.07) is 7.26. The summed E-state index contributed by atoms with van der Waals surface area (Å²) in [7, 11) is 0. The summed E-state index contributed by atoms with van der Waals surface area (Å²) in [6.45, 7) is 13.4. The molecule has 1 spiro atoms. The average Bonchev–Trinajstić information content (AvgIpc) is 2.91. The van der Waals surface area contributed by atoms with Crippen molar-refractivity contribution in [3.8, 4) is 0 Å². The first-order valence-corrected chi connectivity index (χ1v) is 11.6. The predicted molar refractivity (Wildman–Crippen MR) is 122 cm³/mol. The molecule has 31 heavy (non-hydrogen) atoms. The van der Waals surface area contributed by atoms with Gasteiger partial charge in [-0.05, 0) is 60.8 Å². The Morgan fingerprint density at radius 3 is 2.13 bits per heavy atom. The summed E-state index contributed by atoms with van der Waals surface area (Å²) in [5, 5.41) is 3.09. The van der Waals surface area contributed by atoms with Gasteiger partial charge in [-0.3, -0.25) is 14.4 Å². The topological polar surface area (TPSA) is 66.5 Å². The van der Waals surface area contributed by atoms with Crippen molar-refractivity contribution in [1.82, 2.24) is 10.2 Å². The zero-order chi connectivity index (χ0) is 23.0. The van der Waals surface area contributed by atoms with Crippen LogP contribution in [-0.2, 0) is 9.59 Å². The Kier molecular flexibility index (Phi) is 6.37. The number of hydrogen-bond donors (Lipinski definition) is 1. The molecule has 3 rings (SSSR count). The van der Waals surface area contributed by atoms with Crippen molar-refractivity contribution in [2.75, 3.05) is 0 Å². The fourth-order valence-corrected chi connectivity index (χ4v) is 5.21. The molecule has 2 amide bonds. The van der Waals surface area contributed by atoms with Gasteiger partial charge in [0.15, 0.2) is 0 Å². The smallest absolute Gasteiger partial charge is 0.314 e. The Morgan fingerprint density at radius 2 is 1.65 bits per heavy atom. The van der Waals surface area contributed by atoms with E-state index in [1.165, 1.54) is 0 Å². The molecule has 0 aromatic heterocycles. The van der Waals surface area contributed by atoms with Gasteiger partial charge in [0.2, 0.25) is 0 Å². The monoisotopic (exact) mass is 426 g/mol. The number of nitrogens with one attached hydrogen (secondary N) is 1. The standard InChI is InChI=1S/C26H38N2O3/c1-24(2,3)14-13-21(19-9-7-18(17-29)8-10-19)28-23(31)22(30)27-26(28)15-11-20(12-16-26)25(4,5)6/h7-10,17,20-21H,11-16H2,1-6H3,(H,27,30). The molecule has 5 nitrogen and oxygen atoms in total. The molecule has 1 aromatic carbocycles. The van der Waals surface area contributed by atoms with Gasteiger partial charge in [-0.15, -0.1) is 0 Å². The number of aldehydes is 1. The number of nitrogens with zero attached hydrogens (tertiary/aromatic N) is 1. The Labute approximate surface area is 187 Å². The van der Waals surface area contributed by atoms with Gasteiger partial charge in [0.05, 0.1) is 6.04 Å². The minimum absolute atomic E-state index is 0.109. The minimum Gasteiger partial charge on any atom is -0.325 e. The summed E-state index contributed by atoms with van der Waals surface area (Å²) < 4.78 is 0. The highest BCUT2D eigenvalue weighted by Crippen LogP contribution is 2.47. The van der Waals surface area contributed by atoms with Gasteiger partial charge in [-0.2, -0.15) is 0 Å². The molecule has 2 aliphatic rings. The normalized spacial score (nSPS) is 25.6. The summed E-state index contributed by atoms with van der Waals surface area (Å²) in [6.07, 6.45) is 6.07. The molecule has 0 radical (unpaired) electrons. The van der Waals surface area contributed by atoms with E-state index in [-0.39, 0.29) is 16.9 Å². The number of benzene rings is 1. The predicted octanol–water partition coefficient (Wildman–Crippen LogP) is 5.26. The van der Waals surface area contributed by atoms with Crippen molar-refractivity contribution < 1.29 is 14.4 Å². The number of amides is 2.